The molecule has 20 aromatic rings. The van der Waals surface area contributed by atoms with Gasteiger partial charge in [-0.2, -0.15) is 5.26 Å². The Kier molecular flexibility index (Phi) is 16.5. The van der Waals surface area contributed by atoms with Gasteiger partial charge < -0.3 is 9.13 Å². The van der Waals surface area contributed by atoms with E-state index in [2.05, 4.69) is 88.0 Å². The summed E-state index contributed by atoms with van der Waals surface area (Å²) in [4.78, 5) is 67.0. The Labute approximate surface area is 641 Å². The molecule has 16 nitrogen and oxygen atoms in total. The van der Waals surface area contributed by atoms with Crippen molar-refractivity contribution in [3.63, 3.8) is 0 Å². The first-order chi connectivity index (χ1) is 55.4. The minimum Gasteiger partial charge on any atom is -0.309 e. The van der Waals surface area contributed by atoms with Crippen molar-refractivity contribution in [1.29, 1.82) is 5.26 Å². The molecule has 7 heterocycles. The van der Waals surface area contributed by atoms with Crippen LogP contribution in [0.15, 0.2) is 352 Å². The fraction of sp³-hybridized carbons (Fsp3) is 0. The topological polar surface area (TPSA) is 201 Å². The Hall–Kier alpha value is -15.9. The molecule has 0 aliphatic rings. The summed E-state index contributed by atoms with van der Waals surface area (Å²) in [5.74, 6) is 6.35. The second-order valence-electron chi connectivity index (χ2n) is 27.0. The van der Waals surface area contributed by atoms with Crippen LogP contribution in [0.5, 0.6) is 0 Å². The van der Waals surface area contributed by atoms with Crippen molar-refractivity contribution in [3.05, 3.63) is 358 Å². The van der Waals surface area contributed by atoms with Gasteiger partial charge >= 0.3 is 0 Å². The Balaban J connectivity index is 0.812. The molecular weight excluding hydrogens is 1380 g/mol. The Morgan fingerprint density at radius 1 is 0.205 bits per heavy atom. The molecule has 13 aromatic carbocycles. The number of pyridine rings is 1. The third kappa shape index (κ3) is 12.3. The second kappa shape index (κ2) is 28.1. The predicted octanol–water partition coefficient (Wildman–Crippen LogP) is 21.6. The van der Waals surface area contributed by atoms with E-state index in [1.807, 2.05) is 279 Å². The number of benzene rings is 13. The molecule has 522 valence electrons. The van der Waals surface area contributed by atoms with Crippen molar-refractivity contribution in [2.45, 2.75) is 0 Å². The molecular formula is C96H58N16. The number of nitrogens with zero attached hydrogens (tertiary/aromatic N) is 16. The molecule has 0 bridgehead atoms. The first kappa shape index (κ1) is 65.6. The number of fused-ring (bicyclic) bond motifs is 6. The number of hydrogen-bond acceptors (Lipinski definition) is 14. The second-order valence-corrected chi connectivity index (χ2v) is 27.0. The molecule has 0 N–H and O–H groups in total. The van der Waals surface area contributed by atoms with Crippen LogP contribution in [-0.2, 0) is 0 Å². The molecule has 0 aliphatic heterocycles. The van der Waals surface area contributed by atoms with Crippen LogP contribution < -0.4 is 0 Å². The lowest BCUT2D eigenvalue weighted by atomic mass is 9.99. The lowest BCUT2D eigenvalue weighted by Gasteiger charge is -2.18. The van der Waals surface area contributed by atoms with Crippen LogP contribution in [0.2, 0.25) is 0 Å². The molecule has 0 amide bonds. The molecule has 0 saturated heterocycles. The summed E-state index contributed by atoms with van der Waals surface area (Å²) < 4.78 is 4.54. The van der Waals surface area contributed by atoms with E-state index in [-0.39, 0.29) is 0 Å². The summed E-state index contributed by atoms with van der Waals surface area (Å²) in [6.07, 6.45) is 3.72. The van der Waals surface area contributed by atoms with Gasteiger partial charge in [0.1, 0.15) is 0 Å². The zero-order valence-electron chi connectivity index (χ0n) is 59.6. The number of rotatable bonds is 15. The molecule has 0 radical (unpaired) electrons. The van der Waals surface area contributed by atoms with E-state index in [1.54, 1.807) is 0 Å². The van der Waals surface area contributed by atoms with Crippen molar-refractivity contribution >= 4 is 43.6 Å². The summed E-state index contributed by atoms with van der Waals surface area (Å²) >= 11 is 0. The third-order valence-corrected chi connectivity index (χ3v) is 20.1. The van der Waals surface area contributed by atoms with Crippen LogP contribution in [0, 0.1) is 11.3 Å². The highest BCUT2D eigenvalue weighted by Crippen LogP contribution is 2.45. The van der Waals surface area contributed by atoms with E-state index < -0.39 is 0 Å². The van der Waals surface area contributed by atoms with Crippen LogP contribution >= 0.6 is 0 Å². The molecule has 0 spiro atoms. The third-order valence-electron chi connectivity index (χ3n) is 20.1. The van der Waals surface area contributed by atoms with Crippen LogP contribution in [0.1, 0.15) is 5.56 Å². The maximum absolute atomic E-state index is 11.1. The highest BCUT2D eigenvalue weighted by atomic mass is 15.1. The van der Waals surface area contributed by atoms with Gasteiger partial charge in [0.15, 0.2) is 69.9 Å². The van der Waals surface area contributed by atoms with Crippen LogP contribution in [0.3, 0.4) is 0 Å². The normalized spacial score (nSPS) is 11.4. The molecule has 7 aromatic heterocycles. The smallest absolute Gasteiger partial charge is 0.164 e. The van der Waals surface area contributed by atoms with Crippen molar-refractivity contribution in [2.75, 3.05) is 0 Å². The molecule has 0 unspecified atom stereocenters. The molecule has 112 heavy (non-hydrogen) atoms. The molecule has 16 heteroatoms. The SMILES string of the molecule is N#Cc1ccc(-n2c3ccc(-c4nc(-c5ccccc5)nc(-c5ccccc5)n4)cc3c3cc(-c4nc(-c5ccccc5)nc(-c5ccccc5)n4)ccc32)c(-c2ccncc2-n2c3ccc(-c4nc(-c5ccccc5)nc(-c5ccccc5)n4)cc3c3cc(-c4nc(-c5ccccc5)nc(-c5ccccc5)n4)ccc32)c1. The summed E-state index contributed by atoms with van der Waals surface area (Å²) in [5.41, 5.74) is 17.0. The van der Waals surface area contributed by atoms with E-state index in [4.69, 9.17) is 64.8 Å². The van der Waals surface area contributed by atoms with Crippen LogP contribution in [-0.4, -0.2) is 73.9 Å². The quantitative estimate of drug-likeness (QED) is 0.0938. The standard InChI is InChI=1S/C96H58N16/c97-58-60-41-46-79(111-80-47-42-69(93-103-85(61-25-9-1-10-26-61)99-86(104-93)62-27-11-2-12-28-62)54-75(80)76-55-70(43-48-81(76)111)94-105-87(63-29-13-3-14-30-63)100-88(106-94)64-31-15-4-16-32-64)74(53-60)73-51-52-98-59-84(73)112-82-49-44-71(95-107-89(65-33-17-5-18-34-65)101-90(108-95)66-35-19-6-20-36-66)56-77(82)78-57-72(45-50-83(78)112)96-109-91(67-37-21-7-22-38-67)102-92(110-96)68-39-23-8-24-40-68/h1-57,59H. The molecule has 0 atom stereocenters. The van der Waals surface area contributed by atoms with E-state index in [9.17, 15) is 5.26 Å². The first-order valence-corrected chi connectivity index (χ1v) is 36.6. The van der Waals surface area contributed by atoms with Crippen molar-refractivity contribution in [2.24, 2.45) is 0 Å². The highest BCUT2D eigenvalue weighted by molar-refractivity contribution is 6.14. The fourth-order valence-electron chi connectivity index (χ4n) is 14.7. The number of aromatic nitrogens is 15. The van der Waals surface area contributed by atoms with Gasteiger partial charge in [-0.25, -0.2) is 59.8 Å². The van der Waals surface area contributed by atoms with E-state index in [0.717, 1.165) is 133 Å². The van der Waals surface area contributed by atoms with Gasteiger partial charge in [0.2, 0.25) is 0 Å². The van der Waals surface area contributed by atoms with E-state index in [0.29, 0.717) is 75.5 Å². The van der Waals surface area contributed by atoms with E-state index in [1.165, 1.54) is 0 Å². The fourth-order valence-corrected chi connectivity index (χ4v) is 14.7. The summed E-state index contributed by atoms with van der Waals surface area (Å²) in [5, 5.41) is 14.7. The predicted molar refractivity (Wildman–Crippen MR) is 442 cm³/mol. The number of hydrogen-bond donors (Lipinski definition) is 0. The lowest BCUT2D eigenvalue weighted by molar-refractivity contribution is 1.07. The molecule has 0 fully saturated rings. The zero-order valence-corrected chi connectivity index (χ0v) is 59.6. The van der Waals surface area contributed by atoms with E-state index >= 15 is 0 Å². The maximum atomic E-state index is 11.1. The lowest BCUT2D eigenvalue weighted by Crippen LogP contribution is -2.03. The molecule has 0 aliphatic carbocycles. The summed E-state index contributed by atoms with van der Waals surface area (Å²) in [6, 6.07) is 116. The minimum atomic E-state index is 0.462. The maximum Gasteiger partial charge on any atom is 0.164 e. The zero-order chi connectivity index (χ0) is 74.4. The highest BCUT2D eigenvalue weighted by Gasteiger charge is 2.26. The van der Waals surface area contributed by atoms with Gasteiger partial charge in [-0.05, 0) is 97.1 Å². The molecule has 0 saturated carbocycles. The van der Waals surface area contributed by atoms with Crippen molar-refractivity contribution in [3.8, 4) is 165 Å². The minimum absolute atomic E-state index is 0.462. The van der Waals surface area contributed by atoms with Crippen molar-refractivity contribution < 1.29 is 0 Å². The van der Waals surface area contributed by atoms with Gasteiger partial charge in [0, 0.05) is 106 Å². The van der Waals surface area contributed by atoms with Crippen LogP contribution in [0.25, 0.3) is 203 Å². The van der Waals surface area contributed by atoms with Gasteiger partial charge in [0.25, 0.3) is 0 Å². The van der Waals surface area contributed by atoms with Gasteiger partial charge in [-0.1, -0.05) is 243 Å². The number of nitriles is 1. The summed E-state index contributed by atoms with van der Waals surface area (Å²) in [6.45, 7) is 0. The van der Waals surface area contributed by atoms with Gasteiger partial charge in [0.05, 0.1) is 51.3 Å². The Morgan fingerprint density at radius 3 is 0.679 bits per heavy atom. The van der Waals surface area contributed by atoms with Gasteiger partial charge in [-0.3, -0.25) is 4.98 Å². The molecule has 20 rings (SSSR count). The monoisotopic (exact) mass is 1430 g/mol. The van der Waals surface area contributed by atoms with Crippen molar-refractivity contribution in [1.82, 2.24) is 73.9 Å². The van der Waals surface area contributed by atoms with Gasteiger partial charge in [-0.15, -0.1) is 0 Å². The average molecular weight is 1440 g/mol. The first-order valence-electron chi connectivity index (χ1n) is 36.6. The van der Waals surface area contributed by atoms with Crippen LogP contribution in [0.4, 0.5) is 0 Å². The largest absolute Gasteiger partial charge is 0.309 e. The summed E-state index contributed by atoms with van der Waals surface area (Å²) in [7, 11) is 0. The Morgan fingerprint density at radius 2 is 0.438 bits per heavy atom. The average Bonchev–Trinajstić information content (AvgIpc) is 1.55. The Bertz CT molecular complexity index is 6450.